The third-order valence-electron chi connectivity index (χ3n) is 2.45. The van der Waals surface area contributed by atoms with Gasteiger partial charge in [-0.25, -0.2) is 4.79 Å². The summed E-state index contributed by atoms with van der Waals surface area (Å²) in [7, 11) is 0. The Hall–Kier alpha value is -2.08. The minimum Gasteiger partial charge on any atom is -0.478 e. The van der Waals surface area contributed by atoms with Crippen molar-refractivity contribution in [2.24, 2.45) is 0 Å². The molecule has 0 unspecified atom stereocenters. The number of carbonyl (C=O) groups is 2. The van der Waals surface area contributed by atoms with Crippen LogP contribution >= 0.6 is 15.9 Å². The number of hydrogen-bond donors (Lipinski definition) is 2. The van der Waals surface area contributed by atoms with Gasteiger partial charge in [0.2, 0.25) is 0 Å². The maximum Gasteiger partial charge on any atom is 0.337 e. The number of carboxylic acid groups (broad SMARTS) is 1. The van der Waals surface area contributed by atoms with Crippen molar-refractivity contribution < 1.29 is 19.1 Å². The summed E-state index contributed by atoms with van der Waals surface area (Å²) in [6, 6.07) is 6.19. The highest BCUT2D eigenvalue weighted by molar-refractivity contribution is 9.10. The SMILES string of the molecule is Cc1cc(C(=O)Nc2ccc(Br)cc2C(=O)O)co1. The quantitative estimate of drug-likeness (QED) is 0.908. The monoisotopic (exact) mass is 323 g/mol. The lowest BCUT2D eigenvalue weighted by atomic mass is 10.1. The molecular weight excluding hydrogens is 314 g/mol. The Morgan fingerprint density at radius 3 is 2.63 bits per heavy atom. The Kier molecular flexibility index (Phi) is 3.71. The number of halogens is 1. The topological polar surface area (TPSA) is 79.5 Å². The van der Waals surface area contributed by atoms with Gasteiger partial charge in [0, 0.05) is 4.47 Å². The van der Waals surface area contributed by atoms with Crippen LogP contribution in [-0.2, 0) is 0 Å². The number of rotatable bonds is 3. The number of anilines is 1. The lowest BCUT2D eigenvalue weighted by Crippen LogP contribution is -2.14. The maximum atomic E-state index is 11.9. The molecule has 0 fully saturated rings. The van der Waals surface area contributed by atoms with Crippen molar-refractivity contribution >= 4 is 33.5 Å². The predicted molar refractivity (Wildman–Crippen MR) is 72.5 cm³/mol. The number of carbonyl (C=O) groups excluding carboxylic acids is 1. The van der Waals surface area contributed by atoms with Crippen LogP contribution in [-0.4, -0.2) is 17.0 Å². The van der Waals surface area contributed by atoms with Crippen molar-refractivity contribution in [3.63, 3.8) is 0 Å². The van der Waals surface area contributed by atoms with Crippen molar-refractivity contribution in [2.75, 3.05) is 5.32 Å². The van der Waals surface area contributed by atoms with Crippen LogP contribution in [0.4, 0.5) is 5.69 Å². The first-order valence-electron chi connectivity index (χ1n) is 5.36. The summed E-state index contributed by atoms with van der Waals surface area (Å²) in [6.45, 7) is 1.72. The summed E-state index contributed by atoms with van der Waals surface area (Å²) in [5.41, 5.74) is 0.597. The fourth-order valence-corrected chi connectivity index (χ4v) is 1.92. The molecule has 1 heterocycles. The van der Waals surface area contributed by atoms with Crippen LogP contribution in [0.5, 0.6) is 0 Å². The van der Waals surface area contributed by atoms with E-state index in [0.29, 0.717) is 15.8 Å². The van der Waals surface area contributed by atoms with E-state index in [0.717, 1.165) is 0 Å². The summed E-state index contributed by atoms with van der Waals surface area (Å²) in [5, 5.41) is 11.6. The van der Waals surface area contributed by atoms with E-state index in [1.165, 1.54) is 18.4 Å². The van der Waals surface area contributed by atoms with E-state index in [-0.39, 0.29) is 11.3 Å². The van der Waals surface area contributed by atoms with E-state index >= 15 is 0 Å². The Balaban J connectivity index is 2.28. The number of amides is 1. The van der Waals surface area contributed by atoms with Gasteiger partial charge >= 0.3 is 5.97 Å². The molecule has 2 rings (SSSR count). The van der Waals surface area contributed by atoms with E-state index in [2.05, 4.69) is 21.2 Å². The average molecular weight is 324 g/mol. The molecule has 0 spiro atoms. The number of furan rings is 1. The molecule has 1 aromatic heterocycles. The highest BCUT2D eigenvalue weighted by atomic mass is 79.9. The lowest BCUT2D eigenvalue weighted by Gasteiger charge is -2.07. The third-order valence-corrected chi connectivity index (χ3v) is 2.95. The predicted octanol–water partition coefficient (Wildman–Crippen LogP) is 3.30. The molecule has 1 amide bonds. The van der Waals surface area contributed by atoms with Gasteiger partial charge < -0.3 is 14.8 Å². The first kappa shape index (κ1) is 13.4. The largest absolute Gasteiger partial charge is 0.478 e. The van der Waals surface area contributed by atoms with Crippen LogP contribution < -0.4 is 5.32 Å². The van der Waals surface area contributed by atoms with Crippen molar-refractivity contribution in [1.29, 1.82) is 0 Å². The number of nitrogens with one attached hydrogen (secondary N) is 1. The zero-order valence-electron chi connectivity index (χ0n) is 9.94. The fourth-order valence-electron chi connectivity index (χ4n) is 1.56. The zero-order chi connectivity index (χ0) is 14.0. The summed E-state index contributed by atoms with van der Waals surface area (Å²) < 4.78 is 5.66. The van der Waals surface area contributed by atoms with E-state index in [1.54, 1.807) is 19.1 Å². The maximum absolute atomic E-state index is 11.9. The molecule has 0 aliphatic heterocycles. The molecule has 0 atom stereocenters. The summed E-state index contributed by atoms with van der Waals surface area (Å²) in [6.07, 6.45) is 1.32. The normalized spacial score (nSPS) is 10.2. The molecule has 0 aliphatic carbocycles. The molecule has 19 heavy (non-hydrogen) atoms. The van der Waals surface area contributed by atoms with Crippen molar-refractivity contribution in [3.8, 4) is 0 Å². The average Bonchev–Trinajstić information content (AvgIpc) is 2.78. The van der Waals surface area contributed by atoms with Crippen LogP contribution in [0.25, 0.3) is 0 Å². The van der Waals surface area contributed by atoms with E-state index in [9.17, 15) is 9.59 Å². The van der Waals surface area contributed by atoms with Gasteiger partial charge in [-0.15, -0.1) is 0 Å². The van der Waals surface area contributed by atoms with Gasteiger partial charge in [0.15, 0.2) is 0 Å². The molecule has 0 radical (unpaired) electrons. The van der Waals surface area contributed by atoms with Crippen LogP contribution in [0.1, 0.15) is 26.5 Å². The summed E-state index contributed by atoms with van der Waals surface area (Å²) in [4.78, 5) is 23.0. The third kappa shape index (κ3) is 3.03. The number of benzene rings is 1. The van der Waals surface area contributed by atoms with Crippen molar-refractivity contribution in [3.05, 3.63) is 51.9 Å². The van der Waals surface area contributed by atoms with Gasteiger partial charge in [-0.3, -0.25) is 4.79 Å². The zero-order valence-corrected chi connectivity index (χ0v) is 11.5. The van der Waals surface area contributed by atoms with Crippen molar-refractivity contribution in [2.45, 2.75) is 6.92 Å². The molecular formula is C13H10BrNO4. The molecule has 0 saturated carbocycles. The van der Waals surface area contributed by atoms with Gasteiger partial charge in [0.25, 0.3) is 5.91 Å². The number of aromatic carboxylic acids is 1. The second-order valence-electron chi connectivity index (χ2n) is 3.90. The highest BCUT2D eigenvalue weighted by Crippen LogP contribution is 2.22. The van der Waals surface area contributed by atoms with E-state index < -0.39 is 11.9 Å². The molecule has 2 aromatic rings. The lowest BCUT2D eigenvalue weighted by molar-refractivity contribution is 0.0698. The minimum atomic E-state index is -1.11. The summed E-state index contributed by atoms with van der Waals surface area (Å²) in [5.74, 6) is -0.916. The number of aryl methyl sites for hydroxylation is 1. The van der Waals surface area contributed by atoms with Gasteiger partial charge in [0.05, 0.1) is 16.8 Å². The van der Waals surface area contributed by atoms with E-state index in [1.807, 2.05) is 0 Å². The smallest absolute Gasteiger partial charge is 0.337 e. The van der Waals surface area contributed by atoms with Gasteiger partial charge in [-0.2, -0.15) is 0 Å². The Labute approximate surface area is 117 Å². The van der Waals surface area contributed by atoms with Gasteiger partial charge in [0.1, 0.15) is 12.0 Å². The first-order valence-corrected chi connectivity index (χ1v) is 6.16. The Bertz CT molecular complexity index is 648. The molecule has 0 aliphatic rings. The number of carboxylic acids is 1. The molecule has 1 aromatic carbocycles. The Morgan fingerprint density at radius 2 is 2.05 bits per heavy atom. The van der Waals surface area contributed by atoms with Crippen molar-refractivity contribution in [1.82, 2.24) is 0 Å². The van der Waals surface area contributed by atoms with E-state index in [4.69, 9.17) is 9.52 Å². The van der Waals surface area contributed by atoms with Crippen LogP contribution in [0.2, 0.25) is 0 Å². The first-order chi connectivity index (χ1) is 8.97. The van der Waals surface area contributed by atoms with Gasteiger partial charge in [-0.05, 0) is 31.2 Å². The Morgan fingerprint density at radius 1 is 1.32 bits per heavy atom. The minimum absolute atomic E-state index is 0.0166. The molecule has 6 heteroatoms. The van der Waals surface area contributed by atoms with Gasteiger partial charge in [-0.1, -0.05) is 15.9 Å². The highest BCUT2D eigenvalue weighted by Gasteiger charge is 2.15. The molecule has 5 nitrogen and oxygen atoms in total. The summed E-state index contributed by atoms with van der Waals surface area (Å²) >= 11 is 3.19. The van der Waals surface area contributed by atoms with Crippen LogP contribution in [0.3, 0.4) is 0 Å². The fraction of sp³-hybridized carbons (Fsp3) is 0.0769. The second kappa shape index (κ2) is 5.27. The standard InChI is InChI=1S/C13H10BrNO4/c1-7-4-8(6-19-7)12(16)15-11-3-2-9(14)5-10(11)13(17)18/h2-6H,1H3,(H,15,16)(H,17,18). The van der Waals surface area contributed by atoms with Crippen LogP contribution in [0, 0.1) is 6.92 Å². The second-order valence-corrected chi connectivity index (χ2v) is 4.81. The molecule has 2 N–H and O–H groups in total. The molecule has 0 saturated heterocycles. The molecule has 98 valence electrons. The van der Waals surface area contributed by atoms with Crippen LogP contribution in [0.15, 0.2) is 39.4 Å². The number of hydrogen-bond acceptors (Lipinski definition) is 3. The molecule has 0 bridgehead atoms.